The highest BCUT2D eigenvalue weighted by Crippen LogP contribution is 2.32. The van der Waals surface area contributed by atoms with E-state index in [1.165, 1.54) is 0 Å². The Morgan fingerprint density at radius 3 is 2.59 bits per heavy atom. The largest absolute Gasteiger partial charge is 0.461 e. The summed E-state index contributed by atoms with van der Waals surface area (Å²) < 4.78 is 10.9. The van der Waals surface area contributed by atoms with Crippen LogP contribution in [-0.4, -0.2) is 70.6 Å². The molecule has 0 unspecified atom stereocenters. The van der Waals surface area contributed by atoms with Crippen LogP contribution in [-0.2, 0) is 25.5 Å². The summed E-state index contributed by atoms with van der Waals surface area (Å²) in [5.74, 6) is -0.796. The molecule has 2 aliphatic heterocycles. The van der Waals surface area contributed by atoms with E-state index in [0.717, 1.165) is 5.56 Å². The van der Waals surface area contributed by atoms with Gasteiger partial charge in [-0.25, -0.2) is 0 Å². The fraction of sp³-hybridized carbons (Fsp3) is 0.600. The SMILES string of the molecule is CCCC(=O)O[C@H]1CCN2C[C@H](O)[C@@H](OC(=O)Cc3ccccc3)[C@H](O)[C@@H]12. The van der Waals surface area contributed by atoms with Crippen molar-refractivity contribution < 1.29 is 29.3 Å². The van der Waals surface area contributed by atoms with Crippen LogP contribution in [0.3, 0.4) is 0 Å². The molecule has 0 saturated carbocycles. The minimum Gasteiger partial charge on any atom is -0.461 e. The topological polar surface area (TPSA) is 96.3 Å². The van der Waals surface area contributed by atoms with Gasteiger partial charge < -0.3 is 19.7 Å². The number of piperidine rings is 1. The molecule has 0 spiro atoms. The smallest absolute Gasteiger partial charge is 0.310 e. The van der Waals surface area contributed by atoms with E-state index in [1.54, 1.807) is 0 Å². The van der Waals surface area contributed by atoms with Crippen molar-refractivity contribution >= 4 is 11.9 Å². The van der Waals surface area contributed by atoms with Crippen LogP contribution in [0.25, 0.3) is 0 Å². The molecule has 0 amide bonds. The maximum absolute atomic E-state index is 12.3. The lowest BCUT2D eigenvalue weighted by atomic mass is 9.92. The second kappa shape index (κ2) is 8.82. The molecule has 2 aliphatic rings. The van der Waals surface area contributed by atoms with Crippen molar-refractivity contribution in [1.82, 2.24) is 4.90 Å². The maximum atomic E-state index is 12.3. The third-order valence-electron chi connectivity index (χ3n) is 5.19. The van der Waals surface area contributed by atoms with Gasteiger partial charge in [-0.1, -0.05) is 37.3 Å². The molecule has 5 atom stereocenters. The van der Waals surface area contributed by atoms with Crippen LogP contribution in [0.2, 0.25) is 0 Å². The fourth-order valence-electron chi connectivity index (χ4n) is 3.93. The van der Waals surface area contributed by atoms with E-state index in [4.69, 9.17) is 9.47 Å². The number of esters is 2. The highest BCUT2D eigenvalue weighted by Gasteiger charge is 2.51. The highest BCUT2D eigenvalue weighted by atomic mass is 16.6. The lowest BCUT2D eigenvalue weighted by Crippen LogP contribution is -2.62. The van der Waals surface area contributed by atoms with Gasteiger partial charge in [-0.05, 0) is 18.4 Å². The van der Waals surface area contributed by atoms with Crippen LogP contribution < -0.4 is 0 Å². The number of benzene rings is 1. The second-order valence-electron chi connectivity index (χ2n) is 7.23. The second-order valence-corrected chi connectivity index (χ2v) is 7.23. The lowest BCUT2D eigenvalue weighted by Gasteiger charge is -2.42. The summed E-state index contributed by atoms with van der Waals surface area (Å²) in [6, 6.07) is 8.69. The average Bonchev–Trinajstić information content (AvgIpc) is 3.02. The third-order valence-corrected chi connectivity index (χ3v) is 5.19. The molecule has 7 heteroatoms. The summed E-state index contributed by atoms with van der Waals surface area (Å²) in [4.78, 5) is 26.0. The number of aliphatic hydroxyl groups excluding tert-OH is 2. The average molecular weight is 377 g/mol. The summed E-state index contributed by atoms with van der Waals surface area (Å²) in [6.07, 6.45) is -1.90. The van der Waals surface area contributed by atoms with Gasteiger partial charge in [-0.2, -0.15) is 0 Å². The number of ether oxygens (including phenoxy) is 2. The molecule has 27 heavy (non-hydrogen) atoms. The van der Waals surface area contributed by atoms with Gasteiger partial charge in [-0.3, -0.25) is 14.5 Å². The zero-order valence-corrected chi connectivity index (χ0v) is 15.5. The van der Waals surface area contributed by atoms with E-state index in [1.807, 2.05) is 42.2 Å². The van der Waals surface area contributed by atoms with Crippen molar-refractivity contribution in [3.8, 4) is 0 Å². The Morgan fingerprint density at radius 2 is 1.89 bits per heavy atom. The predicted octanol–water partition coefficient (Wildman–Crippen LogP) is 0.662. The minimum atomic E-state index is -1.12. The molecule has 1 aromatic rings. The number of hydrogen-bond acceptors (Lipinski definition) is 7. The van der Waals surface area contributed by atoms with Crippen molar-refractivity contribution in [2.75, 3.05) is 13.1 Å². The van der Waals surface area contributed by atoms with E-state index in [0.29, 0.717) is 25.8 Å². The molecule has 2 N–H and O–H groups in total. The van der Waals surface area contributed by atoms with Crippen LogP contribution in [0.1, 0.15) is 31.7 Å². The molecule has 0 bridgehead atoms. The third kappa shape index (κ3) is 4.66. The van der Waals surface area contributed by atoms with Gasteiger partial charge >= 0.3 is 11.9 Å². The molecular formula is C20H27NO6. The number of carbonyl (C=O) groups excluding carboxylic acids is 2. The summed E-state index contributed by atoms with van der Waals surface area (Å²) >= 11 is 0. The Balaban J connectivity index is 1.64. The molecule has 7 nitrogen and oxygen atoms in total. The van der Waals surface area contributed by atoms with Crippen LogP contribution in [0.4, 0.5) is 0 Å². The number of hydrogen-bond donors (Lipinski definition) is 2. The van der Waals surface area contributed by atoms with E-state index in [2.05, 4.69) is 0 Å². The Labute approximate surface area is 158 Å². The van der Waals surface area contributed by atoms with Crippen molar-refractivity contribution in [3.05, 3.63) is 35.9 Å². The molecule has 148 valence electrons. The van der Waals surface area contributed by atoms with E-state index in [9.17, 15) is 19.8 Å². The molecule has 3 rings (SSSR count). The molecular weight excluding hydrogens is 350 g/mol. The van der Waals surface area contributed by atoms with Crippen molar-refractivity contribution in [1.29, 1.82) is 0 Å². The number of fused-ring (bicyclic) bond motifs is 1. The monoisotopic (exact) mass is 377 g/mol. The first-order chi connectivity index (χ1) is 13.0. The van der Waals surface area contributed by atoms with E-state index >= 15 is 0 Å². The fourth-order valence-corrected chi connectivity index (χ4v) is 3.93. The van der Waals surface area contributed by atoms with Crippen LogP contribution in [0.15, 0.2) is 30.3 Å². The normalized spacial score (nSPS) is 30.6. The summed E-state index contributed by atoms with van der Waals surface area (Å²) in [6.45, 7) is 2.79. The first-order valence-electron chi connectivity index (χ1n) is 9.52. The zero-order chi connectivity index (χ0) is 19.4. The van der Waals surface area contributed by atoms with Crippen molar-refractivity contribution in [3.63, 3.8) is 0 Å². The van der Waals surface area contributed by atoms with Crippen molar-refractivity contribution in [2.45, 2.75) is 63.1 Å². The molecule has 0 aromatic heterocycles. The number of carbonyl (C=O) groups is 2. The van der Waals surface area contributed by atoms with Gasteiger partial charge in [0, 0.05) is 19.5 Å². The number of nitrogens with zero attached hydrogens (tertiary/aromatic N) is 1. The summed E-state index contributed by atoms with van der Waals surface area (Å²) in [5, 5.41) is 21.1. The Bertz CT molecular complexity index is 651. The van der Waals surface area contributed by atoms with Gasteiger partial charge in [-0.15, -0.1) is 0 Å². The van der Waals surface area contributed by atoms with Crippen molar-refractivity contribution in [2.24, 2.45) is 0 Å². The van der Waals surface area contributed by atoms with Crippen LogP contribution in [0.5, 0.6) is 0 Å². The van der Waals surface area contributed by atoms with Gasteiger partial charge in [0.2, 0.25) is 0 Å². The van der Waals surface area contributed by atoms with Crippen LogP contribution >= 0.6 is 0 Å². The van der Waals surface area contributed by atoms with Gasteiger partial charge in [0.25, 0.3) is 0 Å². The molecule has 2 saturated heterocycles. The maximum Gasteiger partial charge on any atom is 0.310 e. The van der Waals surface area contributed by atoms with E-state index in [-0.39, 0.29) is 18.9 Å². The lowest BCUT2D eigenvalue weighted by molar-refractivity contribution is -0.187. The summed E-state index contributed by atoms with van der Waals surface area (Å²) in [5.41, 5.74) is 0.802. The standard InChI is InChI=1S/C20H27NO6/c1-2-6-16(23)26-15-9-10-21-12-14(22)20(19(25)18(15)21)27-17(24)11-13-7-4-3-5-8-13/h3-5,7-8,14-15,18-20,22,25H,2,6,9-12H2,1H3/t14-,15-,18+,19+,20+/m0/s1. The highest BCUT2D eigenvalue weighted by molar-refractivity contribution is 5.73. The molecule has 0 aliphatic carbocycles. The van der Waals surface area contributed by atoms with Gasteiger partial charge in [0.15, 0.2) is 6.10 Å². The Hall–Kier alpha value is -1.96. The minimum absolute atomic E-state index is 0.0695. The Morgan fingerprint density at radius 1 is 1.15 bits per heavy atom. The molecule has 0 radical (unpaired) electrons. The first-order valence-corrected chi connectivity index (χ1v) is 9.52. The number of rotatable bonds is 6. The van der Waals surface area contributed by atoms with Gasteiger partial charge in [0.1, 0.15) is 18.3 Å². The number of aliphatic hydroxyl groups is 2. The van der Waals surface area contributed by atoms with Crippen LogP contribution in [0, 0.1) is 0 Å². The molecule has 2 heterocycles. The summed E-state index contributed by atoms with van der Waals surface area (Å²) in [7, 11) is 0. The molecule has 2 fully saturated rings. The molecule has 1 aromatic carbocycles. The first kappa shape index (κ1) is 19.8. The predicted molar refractivity (Wildman–Crippen MR) is 96.8 cm³/mol. The van der Waals surface area contributed by atoms with E-state index < -0.39 is 36.4 Å². The zero-order valence-electron chi connectivity index (χ0n) is 15.5. The quantitative estimate of drug-likeness (QED) is 0.703. The van der Waals surface area contributed by atoms with Gasteiger partial charge in [0.05, 0.1) is 12.5 Å². The Kier molecular flexibility index (Phi) is 6.46.